The highest BCUT2D eigenvalue weighted by molar-refractivity contribution is 6.34. The Kier molecular flexibility index (Phi) is 5.60. The lowest BCUT2D eigenvalue weighted by atomic mass is 10.2. The largest absolute Gasteiger partial charge is 0.497 e. The highest BCUT2D eigenvalue weighted by atomic mass is 35.5. The number of nitrogens with one attached hydrogen (secondary N) is 2. The molecule has 0 atom stereocenters. The Morgan fingerprint density at radius 1 is 1.14 bits per heavy atom. The van der Waals surface area contributed by atoms with Crippen LogP contribution in [0.25, 0.3) is 5.69 Å². The molecule has 0 saturated carbocycles. The Hall–Kier alpha value is -3.39. The number of ether oxygens (including phenoxy) is 1. The monoisotopic (exact) mass is 399 g/mol. The minimum absolute atomic E-state index is 0.156. The molecule has 0 aliphatic heterocycles. The van der Waals surface area contributed by atoms with Gasteiger partial charge in [-0.15, -0.1) is 5.10 Å². The van der Waals surface area contributed by atoms with Crippen LogP contribution >= 0.6 is 11.6 Å². The lowest BCUT2D eigenvalue weighted by Gasteiger charge is -2.09. The summed E-state index contributed by atoms with van der Waals surface area (Å²) in [6, 6.07) is 12.1. The number of aromatic nitrogens is 3. The predicted molar refractivity (Wildman–Crippen MR) is 106 cm³/mol. The van der Waals surface area contributed by atoms with Crippen molar-refractivity contribution in [3.63, 3.8) is 0 Å². The molecule has 0 spiro atoms. The summed E-state index contributed by atoms with van der Waals surface area (Å²) in [5, 5.41) is 13.7. The van der Waals surface area contributed by atoms with Crippen molar-refractivity contribution in [3.8, 4) is 11.4 Å². The highest BCUT2D eigenvalue weighted by Crippen LogP contribution is 2.26. The van der Waals surface area contributed by atoms with Crippen LogP contribution in [0.3, 0.4) is 0 Å². The first kappa shape index (κ1) is 19.4. The van der Waals surface area contributed by atoms with Gasteiger partial charge >= 0.3 is 0 Å². The molecule has 8 nitrogen and oxygen atoms in total. The molecular formula is C19H18ClN5O3. The SMILES string of the molecule is COc1cccc(-n2nnc(C(=O)Nc3cc(NC(C)=O)ccc3Cl)c2C)c1. The minimum atomic E-state index is -0.464. The van der Waals surface area contributed by atoms with E-state index in [-0.39, 0.29) is 11.6 Å². The summed E-state index contributed by atoms with van der Waals surface area (Å²) in [5.41, 5.74) is 2.30. The minimum Gasteiger partial charge on any atom is -0.497 e. The first-order valence-corrected chi connectivity index (χ1v) is 8.72. The highest BCUT2D eigenvalue weighted by Gasteiger charge is 2.19. The smallest absolute Gasteiger partial charge is 0.278 e. The fourth-order valence-corrected chi connectivity index (χ4v) is 2.77. The van der Waals surface area contributed by atoms with Gasteiger partial charge in [0, 0.05) is 18.7 Å². The summed E-state index contributed by atoms with van der Waals surface area (Å²) in [4.78, 5) is 23.9. The van der Waals surface area contributed by atoms with Crippen molar-refractivity contribution in [3.05, 3.63) is 58.9 Å². The summed E-state index contributed by atoms with van der Waals surface area (Å²) < 4.78 is 6.76. The van der Waals surface area contributed by atoms with Gasteiger partial charge in [0.1, 0.15) is 5.75 Å². The van der Waals surface area contributed by atoms with Gasteiger partial charge in [-0.2, -0.15) is 0 Å². The van der Waals surface area contributed by atoms with Crippen LogP contribution in [-0.2, 0) is 4.79 Å². The van der Waals surface area contributed by atoms with Gasteiger partial charge in [0.25, 0.3) is 5.91 Å². The molecule has 2 N–H and O–H groups in total. The molecular weight excluding hydrogens is 382 g/mol. The van der Waals surface area contributed by atoms with Gasteiger partial charge in [-0.05, 0) is 37.3 Å². The summed E-state index contributed by atoms with van der Waals surface area (Å²) in [5.74, 6) is -0.0230. The molecule has 2 aromatic carbocycles. The molecule has 0 saturated heterocycles. The number of carbonyl (C=O) groups is 2. The van der Waals surface area contributed by atoms with Crippen LogP contribution in [0.2, 0.25) is 5.02 Å². The molecule has 3 aromatic rings. The zero-order valence-electron chi connectivity index (χ0n) is 15.5. The van der Waals surface area contributed by atoms with E-state index in [0.29, 0.717) is 33.5 Å². The zero-order valence-corrected chi connectivity index (χ0v) is 16.2. The average Bonchev–Trinajstić information content (AvgIpc) is 3.05. The molecule has 3 rings (SSSR count). The maximum atomic E-state index is 12.7. The van der Waals surface area contributed by atoms with Gasteiger partial charge in [0.15, 0.2) is 5.69 Å². The molecule has 0 aliphatic rings. The molecule has 1 aromatic heterocycles. The van der Waals surface area contributed by atoms with Gasteiger partial charge in [0.05, 0.1) is 29.2 Å². The second-order valence-electron chi connectivity index (χ2n) is 5.97. The molecule has 0 fully saturated rings. The van der Waals surface area contributed by atoms with E-state index in [0.717, 1.165) is 0 Å². The van der Waals surface area contributed by atoms with Crippen molar-refractivity contribution in [2.45, 2.75) is 13.8 Å². The zero-order chi connectivity index (χ0) is 20.3. The van der Waals surface area contributed by atoms with E-state index in [1.165, 1.54) is 6.92 Å². The van der Waals surface area contributed by atoms with Gasteiger partial charge < -0.3 is 15.4 Å². The third kappa shape index (κ3) is 4.12. The van der Waals surface area contributed by atoms with E-state index < -0.39 is 5.91 Å². The third-order valence-corrected chi connectivity index (χ3v) is 4.27. The normalized spacial score (nSPS) is 10.4. The summed E-state index contributed by atoms with van der Waals surface area (Å²) >= 11 is 6.16. The maximum Gasteiger partial charge on any atom is 0.278 e. The molecule has 9 heteroatoms. The van der Waals surface area contributed by atoms with Crippen molar-refractivity contribution < 1.29 is 14.3 Å². The molecule has 0 aliphatic carbocycles. The van der Waals surface area contributed by atoms with Gasteiger partial charge in [0.2, 0.25) is 5.91 Å². The number of halogens is 1. The molecule has 0 bridgehead atoms. The van der Waals surface area contributed by atoms with Gasteiger partial charge in [-0.25, -0.2) is 4.68 Å². The Balaban J connectivity index is 1.86. The Labute approximate surface area is 166 Å². The van der Waals surface area contributed by atoms with E-state index >= 15 is 0 Å². The Bertz CT molecular complexity index is 1050. The lowest BCUT2D eigenvalue weighted by Crippen LogP contribution is -2.15. The van der Waals surface area contributed by atoms with E-state index in [1.54, 1.807) is 43.0 Å². The Morgan fingerprint density at radius 3 is 2.64 bits per heavy atom. The molecule has 1 heterocycles. The number of rotatable bonds is 5. The first-order chi connectivity index (χ1) is 13.4. The first-order valence-electron chi connectivity index (χ1n) is 8.34. The standard InChI is InChI=1S/C19H18ClN5O3/c1-11-18(23-24-25(11)14-5-4-6-15(10-14)28-3)19(27)22-17-9-13(21-12(2)26)7-8-16(17)20/h4-10H,1-3H3,(H,21,26)(H,22,27). The van der Waals surface area contributed by atoms with E-state index in [4.69, 9.17) is 16.3 Å². The number of carbonyl (C=O) groups excluding carboxylic acids is 2. The number of benzene rings is 2. The number of hydrogen-bond donors (Lipinski definition) is 2. The summed E-state index contributed by atoms with van der Waals surface area (Å²) in [6.45, 7) is 3.14. The van der Waals surface area contributed by atoms with E-state index in [2.05, 4.69) is 20.9 Å². The van der Waals surface area contributed by atoms with E-state index in [9.17, 15) is 9.59 Å². The van der Waals surface area contributed by atoms with Crippen molar-refractivity contribution >= 4 is 34.8 Å². The van der Waals surface area contributed by atoms with Crippen LogP contribution in [-0.4, -0.2) is 33.9 Å². The van der Waals surface area contributed by atoms with Gasteiger partial charge in [-0.3, -0.25) is 9.59 Å². The fraction of sp³-hybridized carbons (Fsp3) is 0.158. The van der Waals surface area contributed by atoms with Crippen LogP contribution in [0.1, 0.15) is 23.1 Å². The Morgan fingerprint density at radius 2 is 1.93 bits per heavy atom. The van der Waals surface area contributed by atoms with Crippen LogP contribution in [0.4, 0.5) is 11.4 Å². The number of nitrogens with zero attached hydrogens (tertiary/aromatic N) is 3. The predicted octanol–water partition coefficient (Wildman–Crippen LogP) is 3.45. The van der Waals surface area contributed by atoms with Crippen molar-refractivity contribution in [1.29, 1.82) is 0 Å². The van der Waals surface area contributed by atoms with Crippen LogP contribution in [0.5, 0.6) is 5.75 Å². The lowest BCUT2D eigenvalue weighted by molar-refractivity contribution is -0.114. The summed E-state index contributed by atoms with van der Waals surface area (Å²) in [6.07, 6.45) is 0. The molecule has 0 radical (unpaired) electrons. The molecule has 2 amide bonds. The van der Waals surface area contributed by atoms with Crippen molar-refractivity contribution in [2.24, 2.45) is 0 Å². The van der Waals surface area contributed by atoms with Crippen LogP contribution < -0.4 is 15.4 Å². The quantitative estimate of drug-likeness (QED) is 0.684. The fourth-order valence-electron chi connectivity index (χ4n) is 2.61. The average molecular weight is 400 g/mol. The number of amides is 2. The second-order valence-corrected chi connectivity index (χ2v) is 6.37. The van der Waals surface area contributed by atoms with Crippen LogP contribution in [0.15, 0.2) is 42.5 Å². The third-order valence-electron chi connectivity index (χ3n) is 3.94. The van der Waals surface area contributed by atoms with Crippen LogP contribution in [0, 0.1) is 6.92 Å². The van der Waals surface area contributed by atoms with Crippen molar-refractivity contribution in [1.82, 2.24) is 15.0 Å². The molecule has 0 unspecified atom stereocenters. The number of methoxy groups -OCH3 is 1. The van der Waals surface area contributed by atoms with E-state index in [1.807, 2.05) is 18.2 Å². The molecule has 28 heavy (non-hydrogen) atoms. The summed E-state index contributed by atoms with van der Waals surface area (Å²) in [7, 11) is 1.57. The maximum absolute atomic E-state index is 12.7. The topological polar surface area (TPSA) is 98.1 Å². The second kappa shape index (κ2) is 8.10. The number of anilines is 2. The van der Waals surface area contributed by atoms with Crippen molar-refractivity contribution in [2.75, 3.05) is 17.7 Å². The molecule has 144 valence electrons. The number of hydrogen-bond acceptors (Lipinski definition) is 5. The van der Waals surface area contributed by atoms with Gasteiger partial charge in [-0.1, -0.05) is 22.9 Å².